The highest BCUT2D eigenvalue weighted by Crippen LogP contribution is 2.35. The van der Waals surface area contributed by atoms with E-state index in [1.165, 1.54) is 13.4 Å². The molecule has 0 unspecified atom stereocenters. The SMILES string of the molecule is COCCOc1cc2ncnc(Nc3cccc(-c4cn(-c5ccc(CC(=O)OC)cc5)nn4)c3)c2cc1OCCOC. The summed E-state index contributed by atoms with van der Waals surface area (Å²) >= 11 is 0. The minimum absolute atomic E-state index is 0.215. The van der Waals surface area contributed by atoms with Gasteiger partial charge in [0.1, 0.15) is 31.1 Å². The standard InChI is InChI=1S/C31H32N6O6/c1-39-11-13-42-28-17-25-26(18-29(28)43-14-12-40-2)32-20-33-31(25)34-23-6-4-5-22(16-23)27-19-37(36-35-27)24-9-7-21(8-10-24)15-30(38)41-3/h4-10,16-20H,11-15H2,1-3H3,(H,32,33,34). The lowest BCUT2D eigenvalue weighted by Gasteiger charge is -2.15. The fraction of sp³-hybridized carbons (Fsp3) is 0.258. The highest BCUT2D eigenvalue weighted by molar-refractivity contribution is 5.93. The number of hydrogen-bond acceptors (Lipinski definition) is 11. The van der Waals surface area contributed by atoms with E-state index >= 15 is 0 Å². The van der Waals surface area contributed by atoms with E-state index in [4.69, 9.17) is 23.7 Å². The van der Waals surface area contributed by atoms with Gasteiger partial charge in [0.25, 0.3) is 0 Å². The molecule has 0 aliphatic carbocycles. The van der Waals surface area contributed by atoms with Crippen LogP contribution in [0, 0.1) is 0 Å². The third kappa shape index (κ3) is 7.42. The first-order valence-electron chi connectivity index (χ1n) is 13.6. The van der Waals surface area contributed by atoms with Crippen LogP contribution in [0.3, 0.4) is 0 Å². The fourth-order valence-electron chi connectivity index (χ4n) is 4.28. The number of benzene rings is 3. The number of methoxy groups -OCH3 is 3. The van der Waals surface area contributed by atoms with E-state index in [1.807, 2.05) is 66.9 Å². The van der Waals surface area contributed by atoms with Crippen molar-refractivity contribution in [2.45, 2.75) is 6.42 Å². The molecule has 5 rings (SSSR count). The maximum atomic E-state index is 11.5. The van der Waals surface area contributed by atoms with Crippen LogP contribution in [0.2, 0.25) is 0 Å². The lowest BCUT2D eigenvalue weighted by Crippen LogP contribution is -2.09. The van der Waals surface area contributed by atoms with Gasteiger partial charge in [0.05, 0.1) is 44.1 Å². The van der Waals surface area contributed by atoms with Gasteiger partial charge in [-0.25, -0.2) is 14.6 Å². The van der Waals surface area contributed by atoms with Gasteiger partial charge in [-0.15, -0.1) is 5.10 Å². The fourth-order valence-corrected chi connectivity index (χ4v) is 4.28. The molecule has 0 fully saturated rings. The second-order valence-electron chi connectivity index (χ2n) is 9.39. The molecule has 12 heteroatoms. The van der Waals surface area contributed by atoms with Crippen LogP contribution >= 0.6 is 0 Å². The zero-order valence-electron chi connectivity index (χ0n) is 24.1. The van der Waals surface area contributed by atoms with Crippen molar-refractivity contribution in [1.29, 1.82) is 0 Å². The van der Waals surface area contributed by atoms with Crippen molar-refractivity contribution < 1.29 is 28.5 Å². The molecule has 2 aromatic heterocycles. The highest BCUT2D eigenvalue weighted by Gasteiger charge is 2.14. The Kier molecular flexibility index (Phi) is 9.72. The minimum atomic E-state index is -0.285. The molecule has 0 aliphatic heterocycles. The van der Waals surface area contributed by atoms with Gasteiger partial charge in [0, 0.05) is 36.9 Å². The summed E-state index contributed by atoms with van der Waals surface area (Å²) in [6.45, 7) is 1.61. The zero-order valence-corrected chi connectivity index (χ0v) is 24.1. The Morgan fingerprint density at radius 2 is 1.60 bits per heavy atom. The molecule has 43 heavy (non-hydrogen) atoms. The largest absolute Gasteiger partial charge is 0.487 e. The van der Waals surface area contributed by atoms with Gasteiger partial charge in [0.15, 0.2) is 11.5 Å². The Bertz CT molecular complexity index is 1670. The number of ether oxygens (including phenoxy) is 5. The molecule has 0 saturated heterocycles. The smallest absolute Gasteiger partial charge is 0.309 e. The molecule has 1 N–H and O–H groups in total. The van der Waals surface area contributed by atoms with Crippen molar-refractivity contribution in [3.05, 3.63) is 78.8 Å². The number of nitrogens with one attached hydrogen (secondary N) is 1. The van der Waals surface area contributed by atoms with Crippen molar-refractivity contribution in [1.82, 2.24) is 25.0 Å². The van der Waals surface area contributed by atoms with Gasteiger partial charge >= 0.3 is 5.97 Å². The second kappa shape index (κ2) is 14.2. The number of nitrogens with zero attached hydrogens (tertiary/aromatic N) is 5. The van der Waals surface area contributed by atoms with Crippen molar-refractivity contribution >= 4 is 28.4 Å². The van der Waals surface area contributed by atoms with Gasteiger partial charge in [0.2, 0.25) is 0 Å². The van der Waals surface area contributed by atoms with E-state index in [0.717, 1.165) is 27.9 Å². The van der Waals surface area contributed by atoms with E-state index in [9.17, 15) is 4.79 Å². The first-order chi connectivity index (χ1) is 21.1. The van der Waals surface area contributed by atoms with Crippen molar-refractivity contribution in [3.8, 4) is 28.4 Å². The van der Waals surface area contributed by atoms with Crippen LogP contribution in [-0.4, -0.2) is 78.7 Å². The van der Waals surface area contributed by atoms with Crippen LogP contribution in [0.5, 0.6) is 11.5 Å². The number of anilines is 2. The molecule has 2 heterocycles. The number of esters is 1. The molecular weight excluding hydrogens is 552 g/mol. The van der Waals surface area contributed by atoms with E-state index < -0.39 is 0 Å². The second-order valence-corrected chi connectivity index (χ2v) is 9.39. The predicted octanol–water partition coefficient (Wildman–Crippen LogP) is 4.39. The minimum Gasteiger partial charge on any atom is -0.487 e. The molecule has 5 aromatic rings. The van der Waals surface area contributed by atoms with Gasteiger partial charge in [-0.05, 0) is 35.9 Å². The average Bonchev–Trinajstić information content (AvgIpc) is 3.53. The normalized spacial score (nSPS) is 11.0. The molecule has 222 valence electrons. The van der Waals surface area contributed by atoms with Crippen LogP contribution in [0.25, 0.3) is 27.8 Å². The quantitative estimate of drug-likeness (QED) is 0.147. The summed E-state index contributed by atoms with van der Waals surface area (Å²) in [5.74, 6) is 1.44. The van der Waals surface area contributed by atoms with E-state index in [-0.39, 0.29) is 12.4 Å². The molecule has 0 atom stereocenters. The van der Waals surface area contributed by atoms with Gasteiger partial charge in [-0.2, -0.15) is 0 Å². The third-order valence-corrected chi connectivity index (χ3v) is 6.48. The summed E-state index contributed by atoms with van der Waals surface area (Å²) in [6, 6.07) is 19.0. The monoisotopic (exact) mass is 584 g/mol. The van der Waals surface area contributed by atoms with Crippen LogP contribution < -0.4 is 14.8 Å². The Hall–Kier alpha value is -5.07. The molecule has 3 aromatic carbocycles. The number of hydrogen-bond donors (Lipinski definition) is 1. The molecular formula is C31H32N6O6. The van der Waals surface area contributed by atoms with Crippen LogP contribution in [0.1, 0.15) is 5.56 Å². The number of carbonyl (C=O) groups excluding carboxylic acids is 1. The first-order valence-corrected chi connectivity index (χ1v) is 13.6. The lowest BCUT2D eigenvalue weighted by atomic mass is 10.1. The first kappa shape index (κ1) is 29.4. The Labute approximate surface area is 248 Å². The molecule has 0 saturated carbocycles. The van der Waals surface area contributed by atoms with Gasteiger partial charge in [-0.3, -0.25) is 4.79 Å². The summed E-state index contributed by atoms with van der Waals surface area (Å²) in [6.07, 6.45) is 3.57. The Morgan fingerprint density at radius 1 is 0.860 bits per heavy atom. The third-order valence-electron chi connectivity index (χ3n) is 6.48. The summed E-state index contributed by atoms with van der Waals surface area (Å²) in [4.78, 5) is 20.5. The molecule has 0 amide bonds. The topological polar surface area (TPSA) is 132 Å². The van der Waals surface area contributed by atoms with E-state index in [1.54, 1.807) is 18.9 Å². The van der Waals surface area contributed by atoms with Crippen molar-refractivity contribution in [3.63, 3.8) is 0 Å². The highest BCUT2D eigenvalue weighted by atomic mass is 16.5. The van der Waals surface area contributed by atoms with Crippen LogP contribution in [-0.2, 0) is 25.4 Å². The van der Waals surface area contributed by atoms with Crippen molar-refractivity contribution in [2.24, 2.45) is 0 Å². The summed E-state index contributed by atoms with van der Waals surface area (Å²) in [7, 11) is 4.62. The van der Waals surface area contributed by atoms with E-state index in [2.05, 4.69) is 25.6 Å². The van der Waals surface area contributed by atoms with Crippen LogP contribution in [0.15, 0.2) is 73.2 Å². The molecule has 0 bridgehead atoms. The molecule has 12 nitrogen and oxygen atoms in total. The molecule has 0 radical (unpaired) electrons. The van der Waals surface area contributed by atoms with Crippen molar-refractivity contribution in [2.75, 3.05) is 53.1 Å². The zero-order chi connectivity index (χ0) is 30.0. The molecule has 0 spiro atoms. The Morgan fingerprint density at radius 3 is 2.33 bits per heavy atom. The van der Waals surface area contributed by atoms with Gasteiger partial charge in [-0.1, -0.05) is 29.5 Å². The van der Waals surface area contributed by atoms with Gasteiger partial charge < -0.3 is 29.0 Å². The number of rotatable bonds is 14. The maximum absolute atomic E-state index is 11.5. The maximum Gasteiger partial charge on any atom is 0.309 e. The average molecular weight is 585 g/mol. The summed E-state index contributed by atoms with van der Waals surface area (Å²) < 4.78 is 28.5. The number of fused-ring (bicyclic) bond motifs is 1. The summed E-state index contributed by atoms with van der Waals surface area (Å²) in [5.41, 5.74) is 4.75. The number of aromatic nitrogens is 5. The molecule has 0 aliphatic rings. The summed E-state index contributed by atoms with van der Waals surface area (Å²) in [5, 5.41) is 12.8. The van der Waals surface area contributed by atoms with E-state index in [0.29, 0.717) is 55.0 Å². The number of carbonyl (C=O) groups is 1. The predicted molar refractivity (Wildman–Crippen MR) is 160 cm³/mol. The van der Waals surface area contributed by atoms with Crippen LogP contribution in [0.4, 0.5) is 11.5 Å². The lowest BCUT2D eigenvalue weighted by molar-refractivity contribution is -0.139. The Balaban J connectivity index is 1.37.